The maximum absolute atomic E-state index is 11.9. The average Bonchev–Trinajstić information content (AvgIpc) is 2.61. The van der Waals surface area contributed by atoms with Gasteiger partial charge < -0.3 is 14.5 Å². The highest BCUT2D eigenvalue weighted by molar-refractivity contribution is 5.78. The van der Waals surface area contributed by atoms with Crippen LogP contribution in [0.25, 0.3) is 0 Å². The Balaban J connectivity index is 3.20. The molecule has 0 radical (unpaired) electrons. The van der Waals surface area contributed by atoms with Gasteiger partial charge in [0, 0.05) is 19.2 Å². The lowest BCUT2D eigenvalue weighted by atomic mass is 10.2. The quantitative estimate of drug-likeness (QED) is 0.331. The molecule has 0 unspecified atom stereocenters. The van der Waals surface area contributed by atoms with E-state index in [9.17, 15) is 25.0 Å². The van der Waals surface area contributed by atoms with Gasteiger partial charge in [0.05, 0.1) is 22.5 Å². The molecule has 0 saturated carbocycles. The Morgan fingerprint density at radius 2 is 1.73 bits per heavy atom. The molecule has 10 heteroatoms. The molecule has 0 spiro atoms. The second-order valence-electron chi connectivity index (χ2n) is 5.44. The summed E-state index contributed by atoms with van der Waals surface area (Å²) in [5.74, 6) is -0.514. The van der Waals surface area contributed by atoms with Crippen molar-refractivity contribution in [1.29, 1.82) is 0 Å². The normalized spacial score (nSPS) is 10.6. The van der Waals surface area contributed by atoms with E-state index in [1.165, 1.54) is 17.0 Å². The highest BCUT2D eigenvalue weighted by Crippen LogP contribution is 2.32. The van der Waals surface area contributed by atoms with Crippen molar-refractivity contribution in [1.82, 2.24) is 4.90 Å². The maximum atomic E-state index is 11.9. The molecule has 1 aromatic rings. The van der Waals surface area contributed by atoms with Gasteiger partial charge in [-0.2, -0.15) is 0 Å². The van der Waals surface area contributed by atoms with Crippen LogP contribution in [0.15, 0.2) is 18.2 Å². The Kier molecular flexibility index (Phi) is 8.43. The third-order valence-electron chi connectivity index (χ3n) is 3.91. The third kappa shape index (κ3) is 5.96. The summed E-state index contributed by atoms with van der Waals surface area (Å²) >= 11 is 0. The first-order valence-corrected chi connectivity index (χ1v) is 8.39. The molecular weight excluding hydrogens is 344 g/mol. The van der Waals surface area contributed by atoms with Crippen LogP contribution in [0.1, 0.15) is 20.8 Å². The van der Waals surface area contributed by atoms with E-state index in [2.05, 4.69) is 4.90 Å². The van der Waals surface area contributed by atoms with Crippen molar-refractivity contribution in [2.24, 2.45) is 0 Å². The van der Waals surface area contributed by atoms with Gasteiger partial charge in [0.25, 0.3) is 11.4 Å². The van der Waals surface area contributed by atoms with Gasteiger partial charge in [-0.3, -0.25) is 25.0 Å². The lowest BCUT2D eigenvalue weighted by molar-refractivity contribution is -0.393. The predicted octanol–water partition coefficient (Wildman–Crippen LogP) is 2.21. The molecule has 144 valence electrons. The molecule has 0 aliphatic carbocycles. The van der Waals surface area contributed by atoms with E-state index >= 15 is 0 Å². The number of hydrogen-bond donors (Lipinski definition) is 0. The van der Waals surface area contributed by atoms with Crippen LogP contribution in [0.3, 0.4) is 0 Å². The molecule has 0 heterocycles. The summed E-state index contributed by atoms with van der Waals surface area (Å²) in [6.45, 7) is 8.21. The van der Waals surface area contributed by atoms with Crippen molar-refractivity contribution in [3.63, 3.8) is 0 Å². The summed E-state index contributed by atoms with van der Waals surface area (Å²) in [7, 11) is 0. The van der Waals surface area contributed by atoms with E-state index in [0.717, 1.165) is 19.2 Å². The SMILES string of the molecule is CCOC(=O)CN(CCN(CC)CC)c1ccc([N+](=O)[O-])cc1[N+](=O)[O-]. The minimum Gasteiger partial charge on any atom is -0.465 e. The van der Waals surface area contributed by atoms with Gasteiger partial charge in [-0.15, -0.1) is 0 Å². The van der Waals surface area contributed by atoms with Gasteiger partial charge in [-0.05, 0) is 26.1 Å². The van der Waals surface area contributed by atoms with Crippen LogP contribution < -0.4 is 4.90 Å². The number of carbonyl (C=O) groups excluding carboxylic acids is 1. The number of carbonyl (C=O) groups is 1. The molecule has 0 aromatic heterocycles. The van der Waals surface area contributed by atoms with Gasteiger partial charge in [-0.1, -0.05) is 13.8 Å². The van der Waals surface area contributed by atoms with E-state index in [0.29, 0.717) is 13.1 Å². The Bertz CT molecular complexity index is 648. The molecule has 0 fully saturated rings. The number of non-ortho nitro benzene ring substituents is 1. The molecule has 0 bridgehead atoms. The van der Waals surface area contributed by atoms with Crippen molar-refractivity contribution >= 4 is 23.0 Å². The Hall–Kier alpha value is -2.75. The number of esters is 1. The minimum absolute atomic E-state index is 0.154. The van der Waals surface area contributed by atoms with E-state index in [4.69, 9.17) is 4.74 Å². The summed E-state index contributed by atoms with van der Waals surface area (Å²) in [6, 6.07) is 3.40. The van der Waals surface area contributed by atoms with Gasteiger partial charge in [0.1, 0.15) is 12.2 Å². The van der Waals surface area contributed by atoms with Crippen molar-refractivity contribution < 1.29 is 19.4 Å². The fourth-order valence-electron chi connectivity index (χ4n) is 2.49. The van der Waals surface area contributed by atoms with Gasteiger partial charge >= 0.3 is 5.97 Å². The number of hydrogen-bond acceptors (Lipinski definition) is 8. The number of nitro benzene ring substituents is 2. The molecule has 0 amide bonds. The van der Waals surface area contributed by atoms with E-state index in [-0.39, 0.29) is 24.5 Å². The number of benzene rings is 1. The Labute approximate surface area is 151 Å². The molecular formula is C16H24N4O6. The third-order valence-corrected chi connectivity index (χ3v) is 3.91. The number of anilines is 1. The van der Waals surface area contributed by atoms with Crippen LogP contribution in [0.2, 0.25) is 0 Å². The minimum atomic E-state index is -0.692. The number of nitro groups is 2. The van der Waals surface area contributed by atoms with Crippen molar-refractivity contribution in [2.45, 2.75) is 20.8 Å². The molecule has 0 aliphatic rings. The fraction of sp³-hybridized carbons (Fsp3) is 0.562. The number of nitrogens with zero attached hydrogens (tertiary/aromatic N) is 4. The van der Waals surface area contributed by atoms with Gasteiger partial charge in [0.2, 0.25) is 0 Å². The summed E-state index contributed by atoms with van der Waals surface area (Å²) in [4.78, 5) is 36.5. The zero-order chi connectivity index (χ0) is 19.7. The first kappa shape index (κ1) is 21.3. The standard InChI is InChI=1S/C16H24N4O6/c1-4-17(5-2)9-10-18(12-16(21)26-6-3)14-8-7-13(19(22)23)11-15(14)20(24)25/h7-8,11H,4-6,9-10,12H2,1-3H3. The zero-order valence-electron chi connectivity index (χ0n) is 15.2. The number of rotatable bonds is 11. The first-order chi connectivity index (χ1) is 12.3. The zero-order valence-corrected chi connectivity index (χ0v) is 15.2. The molecule has 26 heavy (non-hydrogen) atoms. The lowest BCUT2D eigenvalue weighted by Gasteiger charge is -2.27. The van der Waals surface area contributed by atoms with Crippen LogP contribution in [-0.2, 0) is 9.53 Å². The largest absolute Gasteiger partial charge is 0.465 e. The predicted molar refractivity (Wildman–Crippen MR) is 96.4 cm³/mol. The summed E-state index contributed by atoms with van der Waals surface area (Å²) in [5, 5.41) is 22.3. The average molecular weight is 368 g/mol. The smallest absolute Gasteiger partial charge is 0.325 e. The maximum Gasteiger partial charge on any atom is 0.325 e. The second-order valence-corrected chi connectivity index (χ2v) is 5.44. The Morgan fingerprint density at radius 3 is 2.23 bits per heavy atom. The van der Waals surface area contributed by atoms with E-state index in [1.807, 2.05) is 13.8 Å². The first-order valence-electron chi connectivity index (χ1n) is 8.39. The monoisotopic (exact) mass is 368 g/mol. The number of likely N-dealkylation sites (N-methyl/N-ethyl adjacent to an activating group) is 1. The van der Waals surface area contributed by atoms with E-state index < -0.39 is 21.5 Å². The lowest BCUT2D eigenvalue weighted by Crippen LogP contribution is -2.38. The molecule has 10 nitrogen and oxygen atoms in total. The van der Waals surface area contributed by atoms with Crippen molar-refractivity contribution in [3.8, 4) is 0 Å². The topological polar surface area (TPSA) is 119 Å². The molecule has 0 atom stereocenters. The van der Waals surface area contributed by atoms with Crippen LogP contribution in [-0.4, -0.2) is 60.0 Å². The van der Waals surface area contributed by atoms with Crippen LogP contribution in [0.4, 0.5) is 17.1 Å². The Morgan fingerprint density at radius 1 is 1.08 bits per heavy atom. The molecule has 1 aromatic carbocycles. The summed E-state index contributed by atoms with van der Waals surface area (Å²) in [6.07, 6.45) is 0. The van der Waals surface area contributed by atoms with Crippen LogP contribution >= 0.6 is 0 Å². The molecule has 0 N–H and O–H groups in total. The van der Waals surface area contributed by atoms with Gasteiger partial charge in [-0.25, -0.2) is 0 Å². The summed E-state index contributed by atoms with van der Waals surface area (Å²) in [5.41, 5.74) is -0.635. The van der Waals surface area contributed by atoms with Crippen molar-refractivity contribution in [3.05, 3.63) is 38.4 Å². The molecule has 0 saturated heterocycles. The van der Waals surface area contributed by atoms with Crippen LogP contribution in [0.5, 0.6) is 0 Å². The molecule has 0 aliphatic heterocycles. The van der Waals surface area contributed by atoms with E-state index in [1.54, 1.807) is 6.92 Å². The summed E-state index contributed by atoms with van der Waals surface area (Å²) < 4.78 is 4.94. The fourth-order valence-corrected chi connectivity index (χ4v) is 2.49. The molecule has 1 rings (SSSR count). The van der Waals surface area contributed by atoms with Crippen molar-refractivity contribution in [2.75, 3.05) is 44.2 Å². The van der Waals surface area contributed by atoms with Crippen LogP contribution in [0, 0.1) is 20.2 Å². The highest BCUT2D eigenvalue weighted by Gasteiger charge is 2.25. The second kappa shape index (κ2) is 10.3. The number of ether oxygens (including phenoxy) is 1. The van der Waals surface area contributed by atoms with Gasteiger partial charge in [0.15, 0.2) is 0 Å². The highest BCUT2D eigenvalue weighted by atomic mass is 16.6.